The van der Waals surface area contributed by atoms with Crippen LogP contribution in [0.2, 0.25) is 0 Å². The second kappa shape index (κ2) is 7.09. The maximum absolute atomic E-state index is 11.9. The lowest BCUT2D eigenvalue weighted by Gasteiger charge is -2.11. The van der Waals surface area contributed by atoms with Crippen LogP contribution >= 0.6 is 15.9 Å². The van der Waals surface area contributed by atoms with Crippen LogP contribution in [0, 0.1) is 0 Å². The lowest BCUT2D eigenvalue weighted by Crippen LogP contribution is -2.17. The maximum atomic E-state index is 11.9. The Hall–Kier alpha value is -2.34. The molecule has 0 bridgehead atoms. The number of hydrazone groups is 1. The molecule has 114 valence electrons. The summed E-state index contributed by atoms with van der Waals surface area (Å²) in [7, 11) is 3.93. The van der Waals surface area contributed by atoms with Crippen LogP contribution in [0.1, 0.15) is 15.9 Å². The van der Waals surface area contributed by atoms with E-state index in [0.717, 1.165) is 11.3 Å². The third-order valence-electron chi connectivity index (χ3n) is 2.99. The van der Waals surface area contributed by atoms with E-state index >= 15 is 0 Å². The average Bonchev–Trinajstić information content (AvgIpc) is 2.47. The number of nitrogens with zero attached hydrogens (tertiary/aromatic N) is 2. The zero-order valence-corrected chi connectivity index (χ0v) is 13.8. The minimum atomic E-state index is -0.467. The number of aromatic hydroxyl groups is 1. The molecule has 0 atom stereocenters. The predicted molar refractivity (Wildman–Crippen MR) is 91.6 cm³/mol. The highest BCUT2D eigenvalue weighted by Gasteiger charge is 2.10. The largest absolute Gasteiger partial charge is 0.507 e. The molecule has 0 aliphatic heterocycles. The molecule has 0 unspecified atom stereocenters. The fourth-order valence-electron chi connectivity index (χ4n) is 1.78. The predicted octanol–water partition coefficient (Wildman–Crippen LogP) is 2.98. The molecule has 0 heterocycles. The average molecular weight is 362 g/mol. The van der Waals surface area contributed by atoms with E-state index in [2.05, 4.69) is 26.5 Å². The number of benzene rings is 2. The first-order valence-corrected chi connectivity index (χ1v) is 7.36. The van der Waals surface area contributed by atoms with E-state index in [1.165, 1.54) is 12.1 Å². The summed E-state index contributed by atoms with van der Waals surface area (Å²) in [5.41, 5.74) is 4.51. The van der Waals surface area contributed by atoms with E-state index in [1.807, 2.05) is 43.3 Å². The van der Waals surface area contributed by atoms with E-state index < -0.39 is 5.91 Å². The van der Waals surface area contributed by atoms with Gasteiger partial charge in [-0.15, -0.1) is 0 Å². The first kappa shape index (κ1) is 16.0. The second-order valence-corrected chi connectivity index (χ2v) is 5.76. The molecule has 1 amide bonds. The summed E-state index contributed by atoms with van der Waals surface area (Å²) in [6.07, 6.45) is 1.55. The summed E-state index contributed by atoms with van der Waals surface area (Å²) in [5, 5.41) is 13.6. The van der Waals surface area contributed by atoms with Crippen LogP contribution < -0.4 is 10.3 Å². The molecule has 0 aromatic heterocycles. The number of nitrogens with one attached hydrogen (secondary N) is 1. The lowest BCUT2D eigenvalue weighted by atomic mass is 10.2. The SMILES string of the molecule is CN(C)c1ccc(/C=N\NC(=O)c2ccc(Br)cc2O)cc1. The fraction of sp³-hybridized carbons (Fsp3) is 0.125. The van der Waals surface area contributed by atoms with Gasteiger partial charge >= 0.3 is 0 Å². The van der Waals surface area contributed by atoms with Gasteiger partial charge in [0.1, 0.15) is 5.75 Å². The van der Waals surface area contributed by atoms with Crippen LogP contribution in [0.25, 0.3) is 0 Å². The Morgan fingerprint density at radius 3 is 2.50 bits per heavy atom. The fourth-order valence-corrected chi connectivity index (χ4v) is 2.13. The van der Waals surface area contributed by atoms with Crippen molar-refractivity contribution < 1.29 is 9.90 Å². The van der Waals surface area contributed by atoms with E-state index in [9.17, 15) is 9.90 Å². The minimum Gasteiger partial charge on any atom is -0.507 e. The number of halogens is 1. The van der Waals surface area contributed by atoms with Crippen LogP contribution in [0.3, 0.4) is 0 Å². The van der Waals surface area contributed by atoms with Gasteiger partial charge in [0.15, 0.2) is 0 Å². The molecule has 0 fully saturated rings. The van der Waals surface area contributed by atoms with Crippen molar-refractivity contribution in [3.63, 3.8) is 0 Å². The molecule has 2 aromatic rings. The van der Waals surface area contributed by atoms with Gasteiger partial charge in [0.2, 0.25) is 0 Å². The van der Waals surface area contributed by atoms with E-state index in [1.54, 1.807) is 12.3 Å². The first-order chi connectivity index (χ1) is 10.5. The molecule has 0 radical (unpaired) electrons. The summed E-state index contributed by atoms with van der Waals surface area (Å²) in [4.78, 5) is 13.9. The van der Waals surface area contributed by atoms with Gasteiger partial charge in [0.05, 0.1) is 11.8 Å². The number of hydrogen-bond donors (Lipinski definition) is 2. The van der Waals surface area contributed by atoms with Crippen molar-refractivity contribution in [1.82, 2.24) is 5.43 Å². The highest BCUT2D eigenvalue weighted by molar-refractivity contribution is 9.10. The molecular weight excluding hydrogens is 346 g/mol. The Kier molecular flexibility index (Phi) is 5.16. The number of rotatable bonds is 4. The van der Waals surface area contributed by atoms with E-state index in [4.69, 9.17) is 0 Å². The second-order valence-electron chi connectivity index (χ2n) is 4.85. The number of anilines is 1. The molecule has 0 spiro atoms. The Morgan fingerprint density at radius 1 is 1.23 bits per heavy atom. The topological polar surface area (TPSA) is 64.9 Å². The molecule has 22 heavy (non-hydrogen) atoms. The Morgan fingerprint density at radius 2 is 1.91 bits per heavy atom. The Labute approximate surface area is 137 Å². The lowest BCUT2D eigenvalue weighted by molar-refractivity contribution is 0.0952. The molecule has 2 rings (SSSR count). The highest BCUT2D eigenvalue weighted by atomic mass is 79.9. The molecule has 2 N–H and O–H groups in total. The van der Waals surface area contributed by atoms with Gasteiger partial charge < -0.3 is 10.0 Å². The molecule has 0 saturated heterocycles. The van der Waals surface area contributed by atoms with Crippen molar-refractivity contribution in [1.29, 1.82) is 0 Å². The van der Waals surface area contributed by atoms with Crippen LogP contribution in [0.15, 0.2) is 52.0 Å². The zero-order valence-electron chi connectivity index (χ0n) is 12.2. The van der Waals surface area contributed by atoms with Gasteiger partial charge in [-0.25, -0.2) is 5.43 Å². The van der Waals surface area contributed by atoms with Gasteiger partial charge in [-0.2, -0.15) is 5.10 Å². The quantitative estimate of drug-likeness (QED) is 0.649. The number of phenolic OH excluding ortho intramolecular Hbond substituents is 1. The zero-order chi connectivity index (χ0) is 16.1. The number of carbonyl (C=O) groups is 1. The van der Waals surface area contributed by atoms with Crippen LogP contribution in [0.4, 0.5) is 5.69 Å². The Balaban J connectivity index is 2.01. The molecule has 6 heteroatoms. The summed E-state index contributed by atoms with van der Waals surface area (Å²) >= 11 is 3.22. The molecular formula is C16H16BrN3O2. The third kappa shape index (κ3) is 4.08. The minimum absolute atomic E-state index is 0.0996. The van der Waals surface area contributed by atoms with Crippen molar-refractivity contribution in [2.24, 2.45) is 5.10 Å². The summed E-state index contributed by atoms with van der Waals surface area (Å²) in [6.45, 7) is 0. The maximum Gasteiger partial charge on any atom is 0.275 e. The van der Waals surface area contributed by atoms with Crippen molar-refractivity contribution in [3.05, 3.63) is 58.1 Å². The molecule has 0 aliphatic carbocycles. The monoisotopic (exact) mass is 361 g/mol. The molecule has 5 nitrogen and oxygen atoms in total. The van der Waals surface area contributed by atoms with Crippen molar-refractivity contribution in [3.8, 4) is 5.75 Å². The molecule has 0 aliphatic rings. The third-order valence-corrected chi connectivity index (χ3v) is 3.49. The number of phenols is 1. The van der Waals surface area contributed by atoms with Crippen LogP contribution in [-0.4, -0.2) is 31.3 Å². The normalized spacial score (nSPS) is 10.7. The van der Waals surface area contributed by atoms with Gasteiger partial charge in [-0.3, -0.25) is 4.79 Å². The summed E-state index contributed by atoms with van der Waals surface area (Å²) < 4.78 is 0.700. The number of hydrogen-bond acceptors (Lipinski definition) is 4. The van der Waals surface area contributed by atoms with Crippen molar-refractivity contribution in [2.75, 3.05) is 19.0 Å². The van der Waals surface area contributed by atoms with Gasteiger partial charge in [0, 0.05) is 24.3 Å². The number of amides is 1. The van der Waals surface area contributed by atoms with E-state index in [-0.39, 0.29) is 11.3 Å². The highest BCUT2D eigenvalue weighted by Crippen LogP contribution is 2.22. The van der Waals surface area contributed by atoms with Gasteiger partial charge in [0.25, 0.3) is 5.91 Å². The molecule has 0 saturated carbocycles. The van der Waals surface area contributed by atoms with E-state index in [0.29, 0.717) is 4.47 Å². The van der Waals surface area contributed by atoms with Gasteiger partial charge in [-0.1, -0.05) is 28.1 Å². The van der Waals surface area contributed by atoms with Crippen molar-refractivity contribution >= 4 is 33.7 Å². The summed E-state index contributed by atoms with van der Waals surface area (Å²) in [6, 6.07) is 12.4. The smallest absolute Gasteiger partial charge is 0.275 e. The first-order valence-electron chi connectivity index (χ1n) is 6.56. The van der Waals surface area contributed by atoms with Crippen molar-refractivity contribution in [2.45, 2.75) is 0 Å². The Bertz CT molecular complexity index is 697. The summed E-state index contributed by atoms with van der Waals surface area (Å²) in [5.74, 6) is -0.566. The van der Waals surface area contributed by atoms with Crippen LogP contribution in [0.5, 0.6) is 5.75 Å². The van der Waals surface area contributed by atoms with Gasteiger partial charge in [-0.05, 0) is 35.9 Å². The number of carbonyl (C=O) groups excluding carboxylic acids is 1. The standard InChI is InChI=1S/C16H16BrN3O2/c1-20(2)13-6-3-11(4-7-13)10-18-19-16(22)14-8-5-12(17)9-15(14)21/h3-10,21H,1-2H3,(H,19,22)/b18-10-. The van der Waals surface area contributed by atoms with Crippen LogP contribution in [-0.2, 0) is 0 Å². The molecule has 2 aromatic carbocycles.